The number of hydrogen-bond acceptors (Lipinski definition) is 6. The second kappa shape index (κ2) is 7.87. The summed E-state index contributed by atoms with van der Waals surface area (Å²) < 4.78 is 27.5. The molecule has 1 heterocycles. The lowest BCUT2D eigenvalue weighted by Crippen LogP contribution is -2.15. The second-order valence-corrected chi connectivity index (χ2v) is 8.20. The SMILES string of the molecule is COc1ccc(-c2nc(C(=O)Nc3cccc(CS(N)(=O)=O)c3)cs2)cc1. The standard InChI is InChI=1S/C18H17N3O4S2/c1-25-15-7-5-13(6-8-15)18-21-16(10-26-18)17(22)20-14-4-2-3-12(9-14)11-27(19,23)24/h2-10H,11H2,1H3,(H,20,22)(H2,19,23,24). The Hall–Kier alpha value is -2.75. The number of thiazole rings is 1. The van der Waals surface area contributed by atoms with Crippen molar-refractivity contribution in [1.82, 2.24) is 4.98 Å². The number of amides is 1. The molecule has 140 valence electrons. The lowest BCUT2D eigenvalue weighted by Gasteiger charge is -2.06. The van der Waals surface area contributed by atoms with Crippen LogP contribution in [0.25, 0.3) is 10.6 Å². The van der Waals surface area contributed by atoms with Crippen LogP contribution < -0.4 is 15.2 Å². The number of carbonyl (C=O) groups is 1. The van der Waals surface area contributed by atoms with E-state index in [-0.39, 0.29) is 17.4 Å². The molecule has 0 spiro atoms. The van der Waals surface area contributed by atoms with Crippen molar-refractivity contribution in [1.29, 1.82) is 0 Å². The van der Waals surface area contributed by atoms with Crippen LogP contribution in [0.3, 0.4) is 0 Å². The van der Waals surface area contributed by atoms with Gasteiger partial charge in [0.15, 0.2) is 0 Å². The van der Waals surface area contributed by atoms with Gasteiger partial charge in [-0.3, -0.25) is 4.79 Å². The predicted molar refractivity (Wildman–Crippen MR) is 105 cm³/mol. The van der Waals surface area contributed by atoms with E-state index < -0.39 is 10.0 Å². The summed E-state index contributed by atoms with van der Waals surface area (Å²) in [6, 6.07) is 13.9. The molecular weight excluding hydrogens is 386 g/mol. The van der Waals surface area contributed by atoms with Crippen molar-refractivity contribution in [3.8, 4) is 16.3 Å². The van der Waals surface area contributed by atoms with Gasteiger partial charge in [-0.15, -0.1) is 11.3 Å². The van der Waals surface area contributed by atoms with Gasteiger partial charge in [-0.1, -0.05) is 12.1 Å². The van der Waals surface area contributed by atoms with Crippen LogP contribution in [-0.4, -0.2) is 26.4 Å². The molecule has 0 radical (unpaired) electrons. The van der Waals surface area contributed by atoms with E-state index in [1.165, 1.54) is 11.3 Å². The molecule has 3 aromatic rings. The van der Waals surface area contributed by atoms with Gasteiger partial charge in [0.05, 0.1) is 12.9 Å². The van der Waals surface area contributed by atoms with Gasteiger partial charge >= 0.3 is 0 Å². The van der Waals surface area contributed by atoms with E-state index >= 15 is 0 Å². The number of anilines is 1. The van der Waals surface area contributed by atoms with Crippen LogP contribution in [-0.2, 0) is 15.8 Å². The molecule has 0 saturated heterocycles. The highest BCUT2D eigenvalue weighted by atomic mass is 32.2. The Morgan fingerprint density at radius 3 is 2.63 bits per heavy atom. The quantitative estimate of drug-likeness (QED) is 0.657. The molecule has 1 aromatic heterocycles. The van der Waals surface area contributed by atoms with Gasteiger partial charge in [0.2, 0.25) is 10.0 Å². The smallest absolute Gasteiger partial charge is 0.275 e. The Balaban J connectivity index is 1.73. The van der Waals surface area contributed by atoms with Gasteiger partial charge in [0.1, 0.15) is 16.5 Å². The van der Waals surface area contributed by atoms with Gasteiger partial charge in [0.25, 0.3) is 5.91 Å². The highest BCUT2D eigenvalue weighted by Crippen LogP contribution is 2.26. The largest absolute Gasteiger partial charge is 0.497 e. The van der Waals surface area contributed by atoms with Crippen molar-refractivity contribution < 1.29 is 17.9 Å². The topological polar surface area (TPSA) is 111 Å². The number of nitrogens with two attached hydrogens (primary N) is 1. The Morgan fingerprint density at radius 1 is 1.22 bits per heavy atom. The highest BCUT2D eigenvalue weighted by molar-refractivity contribution is 7.88. The van der Waals surface area contributed by atoms with Crippen LogP contribution >= 0.6 is 11.3 Å². The minimum absolute atomic E-state index is 0.280. The summed E-state index contributed by atoms with van der Waals surface area (Å²) in [5, 5.41) is 10.2. The number of nitrogens with zero attached hydrogens (tertiary/aromatic N) is 1. The summed E-state index contributed by atoms with van der Waals surface area (Å²) >= 11 is 1.36. The van der Waals surface area contributed by atoms with Gasteiger partial charge in [-0.05, 0) is 42.0 Å². The van der Waals surface area contributed by atoms with Crippen LogP contribution in [0.4, 0.5) is 5.69 Å². The second-order valence-electron chi connectivity index (χ2n) is 5.73. The molecule has 0 atom stereocenters. The number of primary sulfonamides is 1. The van der Waals surface area contributed by atoms with Gasteiger partial charge in [0, 0.05) is 16.6 Å². The number of hydrogen-bond donors (Lipinski definition) is 2. The zero-order valence-electron chi connectivity index (χ0n) is 14.4. The Morgan fingerprint density at radius 2 is 1.96 bits per heavy atom. The fraction of sp³-hybridized carbons (Fsp3) is 0.111. The van der Waals surface area contributed by atoms with Crippen LogP contribution in [0.15, 0.2) is 53.9 Å². The minimum atomic E-state index is -3.64. The average molecular weight is 403 g/mol. The van der Waals surface area contributed by atoms with Crippen LogP contribution in [0.1, 0.15) is 16.1 Å². The first-order valence-corrected chi connectivity index (χ1v) is 10.4. The van der Waals surface area contributed by atoms with Crippen LogP contribution in [0.5, 0.6) is 5.75 Å². The number of nitrogens with one attached hydrogen (secondary N) is 1. The third-order valence-corrected chi connectivity index (χ3v) is 5.25. The Bertz CT molecular complexity index is 1060. The van der Waals surface area contributed by atoms with Gasteiger partial charge < -0.3 is 10.1 Å². The molecule has 7 nitrogen and oxygen atoms in total. The van der Waals surface area contributed by atoms with Gasteiger partial charge in [-0.2, -0.15) is 0 Å². The molecule has 0 aliphatic carbocycles. The molecule has 0 aliphatic heterocycles. The zero-order chi connectivity index (χ0) is 19.4. The van der Waals surface area contributed by atoms with E-state index in [9.17, 15) is 13.2 Å². The first-order valence-electron chi connectivity index (χ1n) is 7.85. The van der Waals surface area contributed by atoms with E-state index in [1.807, 2.05) is 24.3 Å². The normalized spacial score (nSPS) is 11.2. The number of aromatic nitrogens is 1. The summed E-state index contributed by atoms with van der Waals surface area (Å²) in [5.41, 5.74) is 2.13. The zero-order valence-corrected chi connectivity index (χ0v) is 16.0. The minimum Gasteiger partial charge on any atom is -0.497 e. The van der Waals surface area contributed by atoms with Crippen molar-refractivity contribution in [2.45, 2.75) is 5.75 Å². The van der Waals surface area contributed by atoms with E-state index in [2.05, 4.69) is 10.3 Å². The summed E-state index contributed by atoms with van der Waals surface area (Å²) in [5.74, 6) is 0.0705. The Labute approximate surface area is 160 Å². The highest BCUT2D eigenvalue weighted by Gasteiger charge is 2.13. The van der Waals surface area contributed by atoms with E-state index in [4.69, 9.17) is 9.88 Å². The number of methoxy groups -OCH3 is 1. The molecule has 0 unspecified atom stereocenters. The Kier molecular flexibility index (Phi) is 5.54. The summed E-state index contributed by atoms with van der Waals surface area (Å²) in [4.78, 5) is 16.8. The molecular formula is C18H17N3O4S2. The number of carbonyl (C=O) groups excluding carboxylic acids is 1. The molecule has 0 fully saturated rings. The first kappa shape index (κ1) is 19.0. The molecule has 0 bridgehead atoms. The van der Waals surface area contributed by atoms with Gasteiger partial charge in [-0.25, -0.2) is 18.5 Å². The fourth-order valence-electron chi connectivity index (χ4n) is 2.41. The average Bonchev–Trinajstić information content (AvgIpc) is 3.11. The number of sulfonamides is 1. The third kappa shape index (κ3) is 5.13. The molecule has 3 rings (SSSR count). The maximum absolute atomic E-state index is 12.4. The van der Waals surface area contributed by atoms with Crippen molar-refractivity contribution in [2.24, 2.45) is 5.14 Å². The lowest BCUT2D eigenvalue weighted by molar-refractivity contribution is 0.102. The number of rotatable bonds is 6. The molecule has 3 N–H and O–H groups in total. The lowest BCUT2D eigenvalue weighted by atomic mass is 10.2. The maximum Gasteiger partial charge on any atom is 0.275 e. The van der Waals surface area contributed by atoms with Crippen molar-refractivity contribution >= 4 is 33.0 Å². The molecule has 1 amide bonds. The predicted octanol–water partition coefficient (Wildman–Crippen LogP) is 2.86. The van der Waals surface area contributed by atoms with Crippen molar-refractivity contribution in [3.63, 3.8) is 0 Å². The maximum atomic E-state index is 12.4. The van der Waals surface area contributed by atoms with Crippen molar-refractivity contribution in [3.05, 3.63) is 65.2 Å². The van der Waals surface area contributed by atoms with E-state index in [0.29, 0.717) is 16.3 Å². The third-order valence-electron chi connectivity index (χ3n) is 3.63. The van der Waals surface area contributed by atoms with Crippen molar-refractivity contribution in [2.75, 3.05) is 12.4 Å². The number of benzene rings is 2. The van der Waals surface area contributed by atoms with Crippen LogP contribution in [0, 0.1) is 0 Å². The summed E-state index contributed by atoms with van der Waals surface area (Å²) in [6.07, 6.45) is 0. The fourth-order valence-corrected chi connectivity index (χ4v) is 3.86. The monoisotopic (exact) mass is 403 g/mol. The first-order chi connectivity index (χ1) is 12.8. The number of ether oxygens (including phenoxy) is 1. The molecule has 2 aromatic carbocycles. The summed E-state index contributed by atoms with van der Waals surface area (Å²) in [6.45, 7) is 0. The molecule has 0 aliphatic rings. The molecule has 0 saturated carbocycles. The van der Waals surface area contributed by atoms with E-state index in [1.54, 1.807) is 36.8 Å². The van der Waals surface area contributed by atoms with E-state index in [0.717, 1.165) is 11.3 Å². The summed E-state index contributed by atoms with van der Waals surface area (Å²) in [7, 11) is -2.04. The van der Waals surface area contributed by atoms with Crippen LogP contribution in [0.2, 0.25) is 0 Å². The molecule has 9 heteroatoms. The molecule has 27 heavy (non-hydrogen) atoms.